The molecule has 2 aliphatic rings. The van der Waals surface area contributed by atoms with E-state index in [2.05, 4.69) is 9.88 Å². The highest BCUT2D eigenvalue weighted by atomic mass is 32.2. The van der Waals surface area contributed by atoms with E-state index in [1.54, 1.807) is 0 Å². The predicted octanol–water partition coefficient (Wildman–Crippen LogP) is 1.04. The van der Waals surface area contributed by atoms with Crippen LogP contribution in [-0.4, -0.2) is 38.4 Å². The van der Waals surface area contributed by atoms with Gasteiger partial charge in [0.1, 0.15) is 5.76 Å². The Morgan fingerprint density at radius 2 is 2.09 bits per heavy atom. The van der Waals surface area contributed by atoms with Crippen molar-refractivity contribution in [1.82, 2.24) is 9.88 Å². The van der Waals surface area contributed by atoms with Gasteiger partial charge in [0.25, 0.3) is 5.91 Å². The number of hydrogen-bond acceptors (Lipinski definition) is 6. The van der Waals surface area contributed by atoms with Gasteiger partial charge in [-0.1, -0.05) is 11.6 Å². The first kappa shape index (κ1) is 15.5. The largest absolute Gasteiger partial charge is 0.381 e. The number of hydrogen-bond donors (Lipinski definition) is 1. The molecule has 1 saturated heterocycles. The van der Waals surface area contributed by atoms with Crippen LogP contribution in [-0.2, 0) is 27.6 Å². The Kier molecular flexibility index (Phi) is 4.49. The van der Waals surface area contributed by atoms with Gasteiger partial charge in [-0.3, -0.25) is 4.79 Å². The van der Waals surface area contributed by atoms with Gasteiger partial charge in [-0.15, -0.1) is 0 Å². The highest BCUT2D eigenvalue weighted by Crippen LogP contribution is 2.23. The van der Waals surface area contributed by atoms with Crippen LogP contribution in [0.3, 0.4) is 0 Å². The second kappa shape index (κ2) is 6.37. The number of fused-ring (bicyclic) bond motifs is 1. The van der Waals surface area contributed by atoms with Crippen molar-refractivity contribution in [2.75, 3.05) is 19.0 Å². The zero-order valence-electron chi connectivity index (χ0n) is 12.3. The summed E-state index contributed by atoms with van der Waals surface area (Å²) >= 11 is 0. The Morgan fingerprint density at radius 1 is 1.27 bits per heavy atom. The van der Waals surface area contributed by atoms with Crippen LogP contribution in [0.4, 0.5) is 0 Å². The molecule has 0 saturated carbocycles. The molecule has 1 aromatic heterocycles. The summed E-state index contributed by atoms with van der Waals surface area (Å²) in [7, 11) is -3.69. The number of aryl methyl sites for hydroxylation is 1. The number of aromatic nitrogens is 1. The van der Waals surface area contributed by atoms with E-state index >= 15 is 0 Å². The molecule has 122 valence electrons. The number of rotatable bonds is 4. The first-order valence-corrected chi connectivity index (χ1v) is 9.30. The molecule has 1 aliphatic carbocycles. The van der Waals surface area contributed by atoms with Crippen LogP contribution in [0, 0.1) is 5.92 Å². The van der Waals surface area contributed by atoms with Gasteiger partial charge >= 0.3 is 0 Å². The summed E-state index contributed by atoms with van der Waals surface area (Å²) in [5.74, 6) is -0.131. The van der Waals surface area contributed by atoms with Gasteiger partial charge in [-0.25, -0.2) is 13.1 Å². The number of nitrogens with zero attached hydrogens (tertiary/aromatic N) is 1. The first-order chi connectivity index (χ1) is 10.6. The number of carbonyl (C=O) groups is 1. The monoisotopic (exact) mass is 328 g/mol. The fourth-order valence-electron chi connectivity index (χ4n) is 3.00. The fraction of sp³-hybridized carbons (Fsp3) is 0.714. The van der Waals surface area contributed by atoms with Crippen molar-refractivity contribution in [2.24, 2.45) is 5.92 Å². The highest BCUT2D eigenvalue weighted by molar-refractivity contribution is 7.90. The molecule has 3 rings (SSSR count). The van der Waals surface area contributed by atoms with Crippen LogP contribution in [0.2, 0.25) is 0 Å². The minimum absolute atomic E-state index is 0.0558. The van der Waals surface area contributed by atoms with Crippen LogP contribution in [0.5, 0.6) is 0 Å². The van der Waals surface area contributed by atoms with Crippen molar-refractivity contribution in [3.05, 3.63) is 17.0 Å². The molecule has 2 heterocycles. The van der Waals surface area contributed by atoms with Crippen molar-refractivity contribution < 1.29 is 22.5 Å². The second-order valence-corrected chi connectivity index (χ2v) is 7.70. The van der Waals surface area contributed by atoms with Gasteiger partial charge in [0, 0.05) is 24.5 Å². The molecule has 7 nitrogen and oxygen atoms in total. The average molecular weight is 328 g/mol. The third-order valence-corrected chi connectivity index (χ3v) is 5.55. The van der Waals surface area contributed by atoms with Crippen LogP contribution >= 0.6 is 0 Å². The average Bonchev–Trinajstić information content (AvgIpc) is 3.03. The molecule has 0 radical (unpaired) electrons. The van der Waals surface area contributed by atoms with Crippen molar-refractivity contribution in [2.45, 2.75) is 38.5 Å². The highest BCUT2D eigenvalue weighted by Gasteiger charge is 2.28. The molecule has 0 bridgehead atoms. The molecule has 0 aromatic carbocycles. The Hall–Kier alpha value is -1.41. The Balaban J connectivity index is 1.70. The van der Waals surface area contributed by atoms with Crippen molar-refractivity contribution in [1.29, 1.82) is 0 Å². The maximum atomic E-state index is 12.2. The summed E-state index contributed by atoms with van der Waals surface area (Å²) in [6.45, 7) is 0.999. The first-order valence-electron chi connectivity index (χ1n) is 7.65. The lowest BCUT2D eigenvalue weighted by molar-refractivity contribution is 0.0971. The summed E-state index contributed by atoms with van der Waals surface area (Å²) in [6, 6.07) is 0. The van der Waals surface area contributed by atoms with Gasteiger partial charge in [0.05, 0.1) is 12.4 Å². The molecular weight excluding hydrogens is 308 g/mol. The molecule has 0 unspecified atom stereocenters. The van der Waals surface area contributed by atoms with Crippen LogP contribution in [0.1, 0.15) is 47.5 Å². The van der Waals surface area contributed by atoms with Crippen LogP contribution < -0.4 is 4.72 Å². The summed E-state index contributed by atoms with van der Waals surface area (Å²) < 4.78 is 36.7. The van der Waals surface area contributed by atoms with Crippen molar-refractivity contribution >= 4 is 15.9 Å². The normalized spacial score (nSPS) is 22.1. The molecule has 8 heteroatoms. The number of sulfonamides is 1. The predicted molar refractivity (Wildman–Crippen MR) is 77.9 cm³/mol. The number of ether oxygens (including phenoxy) is 1. The molecule has 1 atom stereocenters. The van der Waals surface area contributed by atoms with E-state index < -0.39 is 15.9 Å². The molecular formula is C14H20N2O5S. The van der Waals surface area contributed by atoms with Gasteiger partial charge in [-0.2, -0.15) is 0 Å². The summed E-state index contributed by atoms with van der Waals surface area (Å²) in [6.07, 6.45) is 5.20. The van der Waals surface area contributed by atoms with Gasteiger partial charge in [0.2, 0.25) is 10.0 Å². The molecule has 1 amide bonds. The van der Waals surface area contributed by atoms with Gasteiger partial charge < -0.3 is 9.26 Å². The van der Waals surface area contributed by atoms with E-state index in [9.17, 15) is 13.2 Å². The second-order valence-electron chi connectivity index (χ2n) is 5.94. The van der Waals surface area contributed by atoms with E-state index in [-0.39, 0.29) is 17.4 Å². The van der Waals surface area contributed by atoms with Crippen molar-refractivity contribution in [3.63, 3.8) is 0 Å². The lowest BCUT2D eigenvalue weighted by Gasteiger charge is -2.09. The molecule has 1 N–H and O–H groups in total. The van der Waals surface area contributed by atoms with Crippen LogP contribution in [0.25, 0.3) is 0 Å². The smallest absolute Gasteiger partial charge is 0.287 e. The molecule has 1 aliphatic heterocycles. The molecule has 1 aromatic rings. The number of carbonyl (C=O) groups excluding carboxylic acids is 1. The third-order valence-electron chi connectivity index (χ3n) is 4.14. The topological polar surface area (TPSA) is 98.5 Å². The van der Waals surface area contributed by atoms with E-state index in [0.717, 1.165) is 31.2 Å². The van der Waals surface area contributed by atoms with Crippen LogP contribution in [0.15, 0.2) is 4.52 Å². The maximum absolute atomic E-state index is 12.2. The standard InChI is InChI=1S/C14H20N2O5S/c17-14(16-22(18,19)9-10-6-7-20-8-10)13-11-4-2-1-3-5-12(11)21-15-13/h10H,1-9H2,(H,16,17)/t10-/m1/s1. The van der Waals surface area contributed by atoms with E-state index in [4.69, 9.17) is 9.26 Å². The minimum Gasteiger partial charge on any atom is -0.381 e. The zero-order chi connectivity index (χ0) is 15.6. The number of amides is 1. The van der Waals surface area contributed by atoms with E-state index in [0.29, 0.717) is 31.8 Å². The summed E-state index contributed by atoms with van der Waals surface area (Å²) in [5, 5.41) is 3.78. The fourth-order valence-corrected chi connectivity index (χ4v) is 4.34. The Morgan fingerprint density at radius 3 is 2.86 bits per heavy atom. The minimum atomic E-state index is -3.69. The Bertz CT molecular complexity index is 646. The zero-order valence-corrected chi connectivity index (χ0v) is 13.2. The van der Waals surface area contributed by atoms with E-state index in [1.807, 2.05) is 0 Å². The van der Waals surface area contributed by atoms with E-state index in [1.165, 1.54) is 0 Å². The SMILES string of the molecule is O=C(NS(=O)(=O)C[C@@H]1CCOC1)c1noc2c1CCCCC2. The third kappa shape index (κ3) is 3.49. The number of nitrogens with one attached hydrogen (secondary N) is 1. The Labute approximate surface area is 129 Å². The molecule has 0 spiro atoms. The summed E-state index contributed by atoms with van der Waals surface area (Å²) in [5.41, 5.74) is 0.873. The summed E-state index contributed by atoms with van der Waals surface area (Å²) in [4.78, 5) is 12.2. The molecule has 1 fully saturated rings. The maximum Gasteiger partial charge on any atom is 0.287 e. The quantitative estimate of drug-likeness (QED) is 0.829. The van der Waals surface area contributed by atoms with Crippen molar-refractivity contribution in [3.8, 4) is 0 Å². The lowest BCUT2D eigenvalue weighted by atomic mass is 10.1. The molecule has 22 heavy (non-hydrogen) atoms. The van der Waals surface area contributed by atoms with Gasteiger partial charge in [-0.05, 0) is 25.7 Å². The van der Waals surface area contributed by atoms with Gasteiger partial charge in [0.15, 0.2) is 5.69 Å². The lowest BCUT2D eigenvalue weighted by Crippen LogP contribution is -2.35.